The molecule has 0 unspecified atom stereocenters. The Bertz CT molecular complexity index is 185. The first-order valence-electron chi connectivity index (χ1n) is 5.16. The molecule has 0 radical (unpaired) electrons. The van der Waals surface area contributed by atoms with E-state index in [1.807, 2.05) is 11.8 Å². The van der Waals surface area contributed by atoms with Gasteiger partial charge in [0, 0.05) is 13.1 Å². The fourth-order valence-electron chi connectivity index (χ4n) is 1.97. The van der Waals surface area contributed by atoms with Gasteiger partial charge in [0.1, 0.15) is 0 Å². The van der Waals surface area contributed by atoms with Crippen molar-refractivity contribution in [2.75, 3.05) is 32.7 Å². The summed E-state index contributed by atoms with van der Waals surface area (Å²) in [6.45, 7) is 7.90. The van der Waals surface area contributed by atoms with Crippen LogP contribution in [0.1, 0.15) is 20.8 Å². The van der Waals surface area contributed by atoms with Crippen LogP contribution in [0.25, 0.3) is 0 Å². The van der Waals surface area contributed by atoms with Crippen LogP contribution >= 0.6 is 0 Å². The lowest BCUT2D eigenvalue weighted by atomic mass is 9.84. The summed E-state index contributed by atoms with van der Waals surface area (Å²) in [6, 6.07) is 0. The first-order chi connectivity index (χ1) is 6.35. The van der Waals surface area contributed by atoms with Crippen molar-refractivity contribution in [2.24, 2.45) is 5.41 Å². The number of halogens is 2. The van der Waals surface area contributed by atoms with Crippen molar-refractivity contribution < 1.29 is 8.78 Å². The first kappa shape index (κ1) is 11.9. The molecule has 0 amide bonds. The molecule has 1 aliphatic heterocycles. The monoisotopic (exact) mass is 206 g/mol. The standard InChI is InChI=1S/C10H20F2N2/c1-4-13-5-10(11,12)8-14-6-9(2,3)7-14/h13H,4-8H2,1-3H3. The predicted molar refractivity (Wildman–Crippen MR) is 53.7 cm³/mol. The molecule has 84 valence electrons. The van der Waals surface area contributed by atoms with Crippen LogP contribution in [0.2, 0.25) is 0 Å². The van der Waals surface area contributed by atoms with Crippen molar-refractivity contribution in [3.8, 4) is 0 Å². The van der Waals surface area contributed by atoms with Crippen LogP contribution < -0.4 is 5.32 Å². The van der Waals surface area contributed by atoms with Crippen molar-refractivity contribution in [3.05, 3.63) is 0 Å². The third-order valence-electron chi connectivity index (χ3n) is 2.39. The molecule has 0 bridgehead atoms. The molecule has 0 spiro atoms. The van der Waals surface area contributed by atoms with E-state index in [4.69, 9.17) is 0 Å². The molecule has 1 rings (SSSR count). The highest BCUT2D eigenvalue weighted by molar-refractivity contribution is 4.90. The van der Waals surface area contributed by atoms with E-state index in [0.717, 1.165) is 13.1 Å². The number of rotatable bonds is 5. The number of likely N-dealkylation sites (tertiary alicyclic amines) is 1. The van der Waals surface area contributed by atoms with Gasteiger partial charge in [0.25, 0.3) is 5.92 Å². The molecular weight excluding hydrogens is 186 g/mol. The quantitative estimate of drug-likeness (QED) is 0.734. The van der Waals surface area contributed by atoms with E-state index >= 15 is 0 Å². The second-order valence-corrected chi connectivity index (χ2v) is 4.95. The molecule has 4 heteroatoms. The SMILES string of the molecule is CCNCC(F)(F)CN1CC(C)(C)C1. The van der Waals surface area contributed by atoms with E-state index in [1.54, 1.807) is 0 Å². The summed E-state index contributed by atoms with van der Waals surface area (Å²) in [5.41, 5.74) is 0.230. The minimum absolute atomic E-state index is 0.108. The highest BCUT2D eigenvalue weighted by Crippen LogP contribution is 2.30. The highest BCUT2D eigenvalue weighted by atomic mass is 19.3. The molecule has 0 aromatic carbocycles. The van der Waals surface area contributed by atoms with Crippen molar-refractivity contribution in [1.82, 2.24) is 10.2 Å². The van der Waals surface area contributed by atoms with Gasteiger partial charge in [0.2, 0.25) is 0 Å². The van der Waals surface area contributed by atoms with Crippen LogP contribution in [-0.4, -0.2) is 43.5 Å². The summed E-state index contributed by atoms with van der Waals surface area (Å²) in [5.74, 6) is -2.59. The van der Waals surface area contributed by atoms with Gasteiger partial charge in [-0.2, -0.15) is 0 Å². The maximum Gasteiger partial charge on any atom is 0.272 e. The molecule has 1 aliphatic rings. The lowest BCUT2D eigenvalue weighted by molar-refractivity contribution is -0.0768. The molecule has 14 heavy (non-hydrogen) atoms. The summed E-state index contributed by atoms with van der Waals surface area (Å²) in [7, 11) is 0. The van der Waals surface area contributed by atoms with Crippen molar-refractivity contribution in [2.45, 2.75) is 26.7 Å². The first-order valence-corrected chi connectivity index (χ1v) is 5.16. The zero-order valence-electron chi connectivity index (χ0n) is 9.24. The van der Waals surface area contributed by atoms with E-state index in [-0.39, 0.29) is 18.5 Å². The lowest BCUT2D eigenvalue weighted by Crippen LogP contribution is -2.57. The second kappa shape index (κ2) is 4.11. The Morgan fingerprint density at radius 3 is 2.36 bits per heavy atom. The van der Waals surface area contributed by atoms with Gasteiger partial charge in [-0.15, -0.1) is 0 Å². The Morgan fingerprint density at radius 1 is 1.36 bits per heavy atom. The molecular formula is C10H20F2N2. The maximum atomic E-state index is 13.2. The van der Waals surface area contributed by atoms with Crippen LogP contribution in [0.5, 0.6) is 0 Å². The van der Waals surface area contributed by atoms with Crippen LogP contribution in [0.15, 0.2) is 0 Å². The van der Waals surface area contributed by atoms with Gasteiger partial charge in [-0.05, 0) is 12.0 Å². The Hall–Kier alpha value is -0.220. The molecule has 1 N–H and O–H groups in total. The lowest BCUT2D eigenvalue weighted by Gasteiger charge is -2.47. The van der Waals surface area contributed by atoms with Crippen LogP contribution in [0.3, 0.4) is 0 Å². The van der Waals surface area contributed by atoms with E-state index < -0.39 is 5.92 Å². The van der Waals surface area contributed by atoms with Crippen molar-refractivity contribution >= 4 is 0 Å². The Morgan fingerprint density at radius 2 is 1.93 bits per heavy atom. The summed E-state index contributed by atoms with van der Waals surface area (Å²) in [6.07, 6.45) is 0. The van der Waals surface area contributed by atoms with E-state index in [9.17, 15) is 8.78 Å². The number of alkyl halides is 2. The molecule has 0 aromatic heterocycles. The van der Waals surface area contributed by atoms with E-state index in [1.165, 1.54) is 0 Å². The number of nitrogens with one attached hydrogen (secondary N) is 1. The van der Waals surface area contributed by atoms with Crippen LogP contribution in [0.4, 0.5) is 8.78 Å². The maximum absolute atomic E-state index is 13.2. The van der Waals surface area contributed by atoms with Gasteiger partial charge >= 0.3 is 0 Å². The molecule has 0 saturated carbocycles. The number of hydrogen-bond donors (Lipinski definition) is 1. The molecule has 1 fully saturated rings. The normalized spacial score (nSPS) is 22.1. The van der Waals surface area contributed by atoms with E-state index in [2.05, 4.69) is 19.2 Å². The second-order valence-electron chi connectivity index (χ2n) is 4.95. The molecule has 2 nitrogen and oxygen atoms in total. The number of hydrogen-bond acceptors (Lipinski definition) is 2. The molecule has 0 atom stereocenters. The number of nitrogens with zero attached hydrogens (tertiary/aromatic N) is 1. The van der Waals surface area contributed by atoms with Gasteiger partial charge in [-0.25, -0.2) is 8.78 Å². The van der Waals surface area contributed by atoms with Gasteiger partial charge < -0.3 is 5.32 Å². The Balaban J connectivity index is 2.23. The summed E-state index contributed by atoms with van der Waals surface area (Å²) < 4.78 is 26.5. The third-order valence-corrected chi connectivity index (χ3v) is 2.39. The van der Waals surface area contributed by atoms with Crippen LogP contribution in [0, 0.1) is 5.41 Å². The average Bonchev–Trinajstić information content (AvgIpc) is 1.97. The minimum Gasteiger partial charge on any atom is -0.311 e. The third kappa shape index (κ3) is 3.50. The van der Waals surface area contributed by atoms with Gasteiger partial charge in [0.05, 0.1) is 13.1 Å². The zero-order valence-corrected chi connectivity index (χ0v) is 9.24. The van der Waals surface area contributed by atoms with Gasteiger partial charge in [0.15, 0.2) is 0 Å². The fraction of sp³-hybridized carbons (Fsp3) is 1.00. The van der Waals surface area contributed by atoms with Crippen molar-refractivity contribution in [3.63, 3.8) is 0 Å². The molecule has 0 aliphatic carbocycles. The average molecular weight is 206 g/mol. The summed E-state index contributed by atoms with van der Waals surface area (Å²) in [5, 5.41) is 2.69. The predicted octanol–water partition coefficient (Wildman–Crippen LogP) is 1.57. The summed E-state index contributed by atoms with van der Waals surface area (Å²) in [4.78, 5) is 1.82. The molecule has 1 saturated heterocycles. The fourth-order valence-corrected chi connectivity index (χ4v) is 1.97. The Kier molecular flexibility index (Phi) is 3.48. The zero-order chi connectivity index (χ0) is 10.8. The molecule has 0 aromatic rings. The Labute approximate surface area is 84.7 Å². The highest BCUT2D eigenvalue weighted by Gasteiger charge is 2.40. The van der Waals surface area contributed by atoms with Crippen molar-refractivity contribution in [1.29, 1.82) is 0 Å². The topological polar surface area (TPSA) is 15.3 Å². The summed E-state index contributed by atoms with van der Waals surface area (Å²) >= 11 is 0. The molecule has 1 heterocycles. The van der Waals surface area contributed by atoms with Crippen LogP contribution in [-0.2, 0) is 0 Å². The minimum atomic E-state index is -2.59. The van der Waals surface area contributed by atoms with Gasteiger partial charge in [-0.3, -0.25) is 4.90 Å². The smallest absolute Gasteiger partial charge is 0.272 e. The largest absolute Gasteiger partial charge is 0.311 e. The van der Waals surface area contributed by atoms with Gasteiger partial charge in [-0.1, -0.05) is 20.8 Å². The van der Waals surface area contributed by atoms with E-state index in [0.29, 0.717) is 6.54 Å².